The van der Waals surface area contributed by atoms with E-state index in [-0.39, 0.29) is 22.1 Å². The van der Waals surface area contributed by atoms with Crippen molar-refractivity contribution in [2.75, 3.05) is 7.11 Å². The van der Waals surface area contributed by atoms with Crippen LogP contribution in [0, 0.1) is 6.92 Å². The van der Waals surface area contributed by atoms with E-state index in [1.807, 2.05) is 6.92 Å². The molecule has 1 N–H and O–H groups in total. The number of ether oxygens (including phenoxy) is 1. The molecule has 0 aromatic heterocycles. The van der Waals surface area contributed by atoms with Crippen LogP contribution >= 0.6 is 0 Å². The topological polar surface area (TPSA) is 72.8 Å². The van der Waals surface area contributed by atoms with Crippen molar-refractivity contribution in [1.82, 2.24) is 0 Å². The van der Waals surface area contributed by atoms with Crippen molar-refractivity contribution in [3.8, 4) is 17.2 Å². The Morgan fingerprint density at radius 1 is 1.00 bits per heavy atom. The van der Waals surface area contributed by atoms with Crippen LogP contribution in [-0.2, 0) is 10.1 Å². The predicted octanol–water partition coefficient (Wildman–Crippen LogP) is 2.48. The Balaban J connectivity index is 2.37. The third-order valence-electron chi connectivity index (χ3n) is 2.66. The highest BCUT2D eigenvalue weighted by Gasteiger charge is 2.19. The normalized spacial score (nSPS) is 11.1. The highest BCUT2D eigenvalue weighted by Crippen LogP contribution is 2.32. The van der Waals surface area contributed by atoms with Gasteiger partial charge in [0.1, 0.15) is 10.6 Å². The first-order valence-electron chi connectivity index (χ1n) is 5.80. The van der Waals surface area contributed by atoms with Crippen LogP contribution in [0.3, 0.4) is 0 Å². The van der Waals surface area contributed by atoms with Crippen molar-refractivity contribution in [1.29, 1.82) is 0 Å². The summed E-state index contributed by atoms with van der Waals surface area (Å²) < 4.78 is 34.3. The molecule has 20 heavy (non-hydrogen) atoms. The molecule has 0 heterocycles. The molecule has 0 aliphatic heterocycles. The van der Waals surface area contributed by atoms with Crippen LogP contribution in [0.5, 0.6) is 17.2 Å². The molecule has 0 bridgehead atoms. The number of aromatic hydroxyl groups is 1. The van der Waals surface area contributed by atoms with Gasteiger partial charge < -0.3 is 14.0 Å². The maximum absolute atomic E-state index is 12.1. The molecule has 6 heteroatoms. The summed E-state index contributed by atoms with van der Waals surface area (Å²) in [5.41, 5.74) is 0.943. The van der Waals surface area contributed by atoms with E-state index in [0.29, 0.717) is 0 Å². The largest absolute Gasteiger partial charge is 0.508 e. The van der Waals surface area contributed by atoms with Gasteiger partial charge in [-0.3, -0.25) is 0 Å². The van der Waals surface area contributed by atoms with Crippen LogP contribution in [0.2, 0.25) is 0 Å². The lowest BCUT2D eigenvalue weighted by atomic mass is 10.2. The number of hydrogen-bond acceptors (Lipinski definition) is 5. The minimum Gasteiger partial charge on any atom is -0.508 e. The molecule has 0 atom stereocenters. The Kier molecular flexibility index (Phi) is 3.85. The molecule has 0 unspecified atom stereocenters. The summed E-state index contributed by atoms with van der Waals surface area (Å²) in [5, 5.41) is 9.41. The maximum Gasteiger partial charge on any atom is 0.339 e. The second kappa shape index (κ2) is 5.42. The fraction of sp³-hybridized carbons (Fsp3) is 0.143. The van der Waals surface area contributed by atoms with E-state index in [1.54, 1.807) is 12.1 Å². The summed E-state index contributed by atoms with van der Waals surface area (Å²) in [6.45, 7) is 1.86. The van der Waals surface area contributed by atoms with Crippen molar-refractivity contribution >= 4 is 10.1 Å². The molecule has 2 aromatic carbocycles. The highest BCUT2D eigenvalue weighted by atomic mass is 32.2. The quantitative estimate of drug-likeness (QED) is 0.877. The number of hydrogen-bond donors (Lipinski definition) is 1. The molecule has 0 spiro atoms. The van der Waals surface area contributed by atoms with E-state index >= 15 is 0 Å². The van der Waals surface area contributed by atoms with Gasteiger partial charge in [-0.15, -0.1) is 0 Å². The first-order valence-corrected chi connectivity index (χ1v) is 7.21. The third-order valence-corrected chi connectivity index (χ3v) is 3.90. The molecule has 5 nitrogen and oxygen atoms in total. The predicted molar refractivity (Wildman–Crippen MR) is 73.7 cm³/mol. The molecule has 0 saturated carbocycles. The molecular formula is C14H14O5S. The van der Waals surface area contributed by atoms with Gasteiger partial charge in [0.2, 0.25) is 0 Å². The van der Waals surface area contributed by atoms with Crippen molar-refractivity contribution in [2.45, 2.75) is 11.8 Å². The van der Waals surface area contributed by atoms with Crippen molar-refractivity contribution < 1.29 is 22.4 Å². The van der Waals surface area contributed by atoms with Crippen molar-refractivity contribution in [3.05, 3.63) is 48.0 Å². The molecule has 0 aliphatic carbocycles. The lowest BCUT2D eigenvalue weighted by Crippen LogP contribution is -2.10. The van der Waals surface area contributed by atoms with Gasteiger partial charge in [-0.1, -0.05) is 17.7 Å². The average Bonchev–Trinajstić information content (AvgIpc) is 2.39. The number of phenolic OH excluding ortho intramolecular Hbond substituents is 1. The van der Waals surface area contributed by atoms with Gasteiger partial charge in [0.05, 0.1) is 7.11 Å². The Morgan fingerprint density at radius 2 is 1.65 bits per heavy atom. The Bertz CT molecular complexity index is 705. The number of aryl methyl sites for hydroxylation is 1. The van der Waals surface area contributed by atoms with E-state index < -0.39 is 10.1 Å². The van der Waals surface area contributed by atoms with Gasteiger partial charge >= 0.3 is 10.1 Å². The third kappa shape index (κ3) is 3.03. The van der Waals surface area contributed by atoms with Gasteiger partial charge in [-0.05, 0) is 31.2 Å². The van der Waals surface area contributed by atoms with E-state index in [1.165, 1.54) is 37.4 Å². The van der Waals surface area contributed by atoms with Crippen LogP contribution in [0.1, 0.15) is 5.56 Å². The first kappa shape index (κ1) is 14.2. The van der Waals surface area contributed by atoms with Gasteiger partial charge in [0.15, 0.2) is 11.5 Å². The van der Waals surface area contributed by atoms with Crippen LogP contribution in [0.25, 0.3) is 0 Å². The number of benzene rings is 2. The lowest BCUT2D eigenvalue weighted by molar-refractivity contribution is 0.387. The standard InChI is InChI=1S/C14H14O5S/c1-10-3-6-12(7-4-10)20(16,17)19-14-9-11(15)5-8-13(14)18-2/h3-9,15H,1-2H3. The van der Waals surface area contributed by atoms with E-state index in [0.717, 1.165) is 5.56 Å². The molecule has 0 radical (unpaired) electrons. The van der Waals surface area contributed by atoms with Crippen LogP contribution in [0.4, 0.5) is 0 Å². The second-order valence-electron chi connectivity index (χ2n) is 4.19. The monoisotopic (exact) mass is 294 g/mol. The van der Waals surface area contributed by atoms with E-state index in [4.69, 9.17) is 8.92 Å². The molecule has 2 rings (SSSR count). The fourth-order valence-electron chi connectivity index (χ4n) is 1.60. The zero-order valence-corrected chi connectivity index (χ0v) is 11.8. The highest BCUT2D eigenvalue weighted by molar-refractivity contribution is 7.87. The zero-order valence-electron chi connectivity index (χ0n) is 11.0. The summed E-state index contributed by atoms with van der Waals surface area (Å²) >= 11 is 0. The van der Waals surface area contributed by atoms with Crippen LogP contribution in [-0.4, -0.2) is 20.6 Å². The SMILES string of the molecule is COc1ccc(O)cc1OS(=O)(=O)c1ccc(C)cc1. The smallest absolute Gasteiger partial charge is 0.339 e. The van der Waals surface area contributed by atoms with Crippen LogP contribution < -0.4 is 8.92 Å². The summed E-state index contributed by atoms with van der Waals surface area (Å²) in [6.07, 6.45) is 0. The molecule has 106 valence electrons. The lowest BCUT2D eigenvalue weighted by Gasteiger charge is -2.11. The van der Waals surface area contributed by atoms with Gasteiger partial charge in [0.25, 0.3) is 0 Å². The number of phenols is 1. The van der Waals surface area contributed by atoms with Crippen LogP contribution in [0.15, 0.2) is 47.4 Å². The minimum absolute atomic E-state index is 0.0356. The molecule has 0 aliphatic rings. The Labute approximate surface area is 117 Å². The summed E-state index contributed by atoms with van der Waals surface area (Å²) in [5.74, 6) is 0.0477. The number of methoxy groups -OCH3 is 1. The Morgan fingerprint density at radius 3 is 2.25 bits per heavy atom. The van der Waals surface area contributed by atoms with Gasteiger partial charge in [-0.2, -0.15) is 8.42 Å². The van der Waals surface area contributed by atoms with Gasteiger partial charge in [0, 0.05) is 6.07 Å². The minimum atomic E-state index is -3.97. The molecule has 0 amide bonds. The van der Waals surface area contributed by atoms with Gasteiger partial charge in [-0.25, -0.2) is 0 Å². The first-order chi connectivity index (χ1) is 9.42. The summed E-state index contributed by atoms with van der Waals surface area (Å²) in [7, 11) is -2.58. The summed E-state index contributed by atoms with van der Waals surface area (Å²) in [6, 6.07) is 10.3. The second-order valence-corrected chi connectivity index (χ2v) is 5.73. The molecular weight excluding hydrogens is 280 g/mol. The Hall–Kier alpha value is -2.21. The van der Waals surface area contributed by atoms with Crippen molar-refractivity contribution in [3.63, 3.8) is 0 Å². The average molecular weight is 294 g/mol. The number of rotatable bonds is 4. The maximum atomic E-state index is 12.1. The van der Waals surface area contributed by atoms with E-state index in [9.17, 15) is 13.5 Å². The molecule has 0 fully saturated rings. The summed E-state index contributed by atoms with van der Waals surface area (Å²) in [4.78, 5) is 0.0356. The van der Waals surface area contributed by atoms with Crippen molar-refractivity contribution in [2.24, 2.45) is 0 Å². The zero-order chi connectivity index (χ0) is 14.8. The fourth-order valence-corrected chi connectivity index (χ4v) is 2.53. The van der Waals surface area contributed by atoms with E-state index in [2.05, 4.69) is 0 Å². The molecule has 2 aromatic rings. The molecule has 0 saturated heterocycles.